The van der Waals surface area contributed by atoms with Gasteiger partial charge in [0.1, 0.15) is 0 Å². The maximum atomic E-state index is 13.3. The van der Waals surface area contributed by atoms with Gasteiger partial charge < -0.3 is 10.1 Å². The second-order valence-corrected chi connectivity index (χ2v) is 3.22. The summed E-state index contributed by atoms with van der Waals surface area (Å²) in [5.74, 6) is -0.519. The number of ketones is 1. The number of carbonyl (C=O) groups is 1. The lowest BCUT2D eigenvalue weighted by Crippen LogP contribution is -2.30. The molecule has 0 amide bonds. The molecule has 15 heavy (non-hydrogen) atoms. The zero-order chi connectivity index (χ0) is 11.4. The van der Waals surface area contributed by atoms with Gasteiger partial charge in [-0.05, 0) is 32.2 Å². The van der Waals surface area contributed by atoms with Crippen LogP contribution in [0.3, 0.4) is 0 Å². The van der Waals surface area contributed by atoms with Gasteiger partial charge in [0, 0.05) is 5.56 Å². The third kappa shape index (κ3) is 2.53. The number of hydrogen-bond acceptors (Lipinski definition) is 3. The summed E-state index contributed by atoms with van der Waals surface area (Å²) in [5, 5.41) is 2.81. The average Bonchev–Trinajstić information content (AvgIpc) is 2.26. The van der Waals surface area contributed by atoms with Crippen molar-refractivity contribution in [2.45, 2.75) is 13.0 Å². The van der Waals surface area contributed by atoms with Gasteiger partial charge in [0.25, 0.3) is 0 Å². The van der Waals surface area contributed by atoms with Crippen LogP contribution in [0, 0.1) is 5.82 Å². The molecule has 0 aliphatic carbocycles. The van der Waals surface area contributed by atoms with Crippen molar-refractivity contribution in [2.75, 3.05) is 14.2 Å². The molecule has 0 aliphatic rings. The van der Waals surface area contributed by atoms with Gasteiger partial charge in [-0.15, -0.1) is 0 Å². The van der Waals surface area contributed by atoms with Crippen LogP contribution in [0.15, 0.2) is 18.2 Å². The van der Waals surface area contributed by atoms with Crippen LogP contribution in [0.4, 0.5) is 4.39 Å². The first-order valence-electron chi connectivity index (χ1n) is 4.65. The normalized spacial score (nSPS) is 12.3. The molecule has 1 N–H and O–H groups in total. The molecule has 0 saturated carbocycles. The minimum absolute atomic E-state index is 0.140. The predicted octanol–water partition coefficient (Wildman–Crippen LogP) is 1.62. The molecule has 1 unspecified atom stereocenters. The highest BCUT2D eigenvalue weighted by Crippen LogP contribution is 2.18. The van der Waals surface area contributed by atoms with Crippen molar-refractivity contribution in [1.29, 1.82) is 0 Å². The van der Waals surface area contributed by atoms with Crippen molar-refractivity contribution in [3.05, 3.63) is 29.6 Å². The monoisotopic (exact) mass is 211 g/mol. The third-order valence-corrected chi connectivity index (χ3v) is 2.26. The zero-order valence-electron chi connectivity index (χ0n) is 9.00. The van der Waals surface area contributed by atoms with Crippen molar-refractivity contribution >= 4 is 5.78 Å². The summed E-state index contributed by atoms with van der Waals surface area (Å²) in [7, 11) is 3.07. The number of likely N-dealkylation sites (N-methyl/N-ethyl adjacent to an activating group) is 1. The summed E-state index contributed by atoms with van der Waals surface area (Å²) in [6.07, 6.45) is 0. The van der Waals surface area contributed by atoms with Gasteiger partial charge in [-0.1, -0.05) is 0 Å². The van der Waals surface area contributed by atoms with Gasteiger partial charge >= 0.3 is 0 Å². The number of ether oxygens (including phenoxy) is 1. The van der Waals surface area contributed by atoms with Gasteiger partial charge in [0.05, 0.1) is 13.2 Å². The molecule has 0 fully saturated rings. The van der Waals surface area contributed by atoms with Crippen LogP contribution < -0.4 is 10.1 Å². The lowest BCUT2D eigenvalue weighted by Gasteiger charge is -2.09. The topological polar surface area (TPSA) is 38.3 Å². The van der Waals surface area contributed by atoms with E-state index >= 15 is 0 Å². The van der Waals surface area contributed by atoms with Gasteiger partial charge in [-0.3, -0.25) is 4.79 Å². The Kier molecular flexibility index (Phi) is 3.80. The fourth-order valence-electron chi connectivity index (χ4n) is 1.20. The maximum Gasteiger partial charge on any atom is 0.179 e. The molecule has 0 aliphatic heterocycles. The van der Waals surface area contributed by atoms with E-state index in [1.807, 2.05) is 0 Å². The van der Waals surface area contributed by atoms with E-state index in [-0.39, 0.29) is 17.6 Å². The van der Waals surface area contributed by atoms with Crippen LogP contribution in [0.5, 0.6) is 5.75 Å². The second-order valence-electron chi connectivity index (χ2n) is 3.22. The molecule has 0 saturated heterocycles. The Bertz CT molecular complexity index is 366. The van der Waals surface area contributed by atoms with E-state index in [2.05, 4.69) is 5.32 Å². The van der Waals surface area contributed by atoms with E-state index in [9.17, 15) is 9.18 Å². The summed E-state index contributed by atoms with van der Waals surface area (Å²) in [6.45, 7) is 1.73. The number of nitrogens with one attached hydrogen (secondary N) is 1. The van der Waals surface area contributed by atoms with Crippen molar-refractivity contribution in [3.8, 4) is 5.75 Å². The van der Waals surface area contributed by atoms with Crippen molar-refractivity contribution < 1.29 is 13.9 Å². The van der Waals surface area contributed by atoms with Gasteiger partial charge in [-0.25, -0.2) is 4.39 Å². The molecule has 82 valence electrons. The lowest BCUT2D eigenvalue weighted by atomic mass is 10.1. The molecule has 4 heteroatoms. The molecule has 1 aromatic carbocycles. The van der Waals surface area contributed by atoms with E-state index in [1.54, 1.807) is 20.0 Å². The molecule has 1 aromatic rings. The Morgan fingerprint density at radius 1 is 1.53 bits per heavy atom. The average molecular weight is 211 g/mol. The summed E-state index contributed by atoms with van der Waals surface area (Å²) >= 11 is 0. The number of methoxy groups -OCH3 is 1. The van der Waals surface area contributed by atoms with E-state index in [0.717, 1.165) is 0 Å². The summed E-state index contributed by atoms with van der Waals surface area (Å²) in [5.41, 5.74) is 0.343. The number of halogens is 1. The van der Waals surface area contributed by atoms with Crippen LogP contribution in [0.25, 0.3) is 0 Å². The number of rotatable bonds is 4. The standard InChI is InChI=1S/C11H14FNO2/c1-7(13-2)11(14)8-4-5-10(15-3)9(12)6-8/h4-7,13H,1-3H3. The van der Waals surface area contributed by atoms with Gasteiger partial charge in [-0.2, -0.15) is 0 Å². The minimum Gasteiger partial charge on any atom is -0.494 e. The van der Waals surface area contributed by atoms with Crippen molar-refractivity contribution in [1.82, 2.24) is 5.32 Å². The molecule has 0 spiro atoms. The third-order valence-electron chi connectivity index (χ3n) is 2.26. The fraction of sp³-hybridized carbons (Fsp3) is 0.364. The SMILES string of the molecule is CNC(C)C(=O)c1ccc(OC)c(F)c1. The number of carbonyl (C=O) groups excluding carboxylic acids is 1. The molecule has 1 rings (SSSR count). The first-order chi connectivity index (χ1) is 7.10. The maximum absolute atomic E-state index is 13.3. The number of hydrogen-bond donors (Lipinski definition) is 1. The quantitative estimate of drug-likeness (QED) is 0.769. The largest absolute Gasteiger partial charge is 0.494 e. The Morgan fingerprint density at radius 3 is 2.67 bits per heavy atom. The van der Waals surface area contributed by atoms with Crippen LogP contribution >= 0.6 is 0 Å². The summed E-state index contributed by atoms with van der Waals surface area (Å²) in [4.78, 5) is 11.7. The molecule has 0 aromatic heterocycles. The van der Waals surface area contributed by atoms with Crippen LogP contribution in [-0.2, 0) is 0 Å². The summed E-state index contributed by atoms with van der Waals surface area (Å²) in [6, 6.07) is 3.87. The Balaban J connectivity index is 2.97. The van der Waals surface area contributed by atoms with Crippen molar-refractivity contribution in [3.63, 3.8) is 0 Å². The van der Waals surface area contributed by atoms with Gasteiger partial charge in [0.2, 0.25) is 0 Å². The zero-order valence-corrected chi connectivity index (χ0v) is 9.00. The Morgan fingerprint density at radius 2 is 2.20 bits per heavy atom. The van der Waals surface area contributed by atoms with E-state index in [4.69, 9.17) is 4.74 Å². The lowest BCUT2D eigenvalue weighted by molar-refractivity contribution is 0.0954. The smallest absolute Gasteiger partial charge is 0.179 e. The minimum atomic E-state index is -0.522. The van der Waals surface area contributed by atoms with E-state index in [1.165, 1.54) is 19.2 Å². The first kappa shape index (κ1) is 11.7. The van der Waals surface area contributed by atoms with Crippen LogP contribution in [-0.4, -0.2) is 26.0 Å². The molecule has 0 heterocycles. The molecule has 0 bridgehead atoms. The highest BCUT2D eigenvalue weighted by Gasteiger charge is 2.14. The van der Waals surface area contributed by atoms with E-state index < -0.39 is 5.82 Å². The van der Waals surface area contributed by atoms with Crippen molar-refractivity contribution in [2.24, 2.45) is 0 Å². The fourth-order valence-corrected chi connectivity index (χ4v) is 1.20. The Labute approximate surface area is 88.2 Å². The van der Waals surface area contributed by atoms with Crippen LogP contribution in [0.1, 0.15) is 17.3 Å². The highest BCUT2D eigenvalue weighted by molar-refractivity contribution is 5.99. The van der Waals surface area contributed by atoms with E-state index in [0.29, 0.717) is 5.56 Å². The Hall–Kier alpha value is -1.42. The molecule has 1 atom stereocenters. The second kappa shape index (κ2) is 4.89. The predicted molar refractivity (Wildman–Crippen MR) is 55.8 cm³/mol. The number of Topliss-reactive ketones (excluding diaryl/α,β-unsaturated/α-hetero) is 1. The van der Waals surface area contributed by atoms with Crippen LogP contribution in [0.2, 0.25) is 0 Å². The molecular weight excluding hydrogens is 197 g/mol. The van der Waals surface area contributed by atoms with Gasteiger partial charge in [0.15, 0.2) is 17.3 Å². The summed E-state index contributed by atoms with van der Waals surface area (Å²) < 4.78 is 18.0. The highest BCUT2D eigenvalue weighted by atomic mass is 19.1. The molecule has 3 nitrogen and oxygen atoms in total. The first-order valence-corrected chi connectivity index (χ1v) is 4.65. The molecule has 0 radical (unpaired) electrons. The molecular formula is C11H14FNO2. The number of benzene rings is 1.